The van der Waals surface area contributed by atoms with Crippen LogP contribution in [0, 0.1) is 13.8 Å². The average Bonchev–Trinajstić information content (AvgIpc) is 3.03. The first-order valence-corrected chi connectivity index (χ1v) is 7.27. The number of rotatable bonds is 4. The standard InChI is InChI=1S/C13H17N5OS/c1-8-11(9(2)17(4)16-8)19-12-10(7-14-3)18-5-6-20-13(18)15-12/h5-6,14H,7H2,1-4H3. The Morgan fingerprint density at radius 1 is 1.40 bits per heavy atom. The van der Waals surface area contributed by atoms with Gasteiger partial charge in [0.2, 0.25) is 5.88 Å². The van der Waals surface area contributed by atoms with E-state index >= 15 is 0 Å². The molecular formula is C13H17N5OS. The van der Waals surface area contributed by atoms with Gasteiger partial charge in [-0.1, -0.05) is 0 Å². The Morgan fingerprint density at radius 2 is 2.20 bits per heavy atom. The Kier molecular flexibility index (Phi) is 3.23. The van der Waals surface area contributed by atoms with E-state index in [0.29, 0.717) is 12.4 Å². The summed E-state index contributed by atoms with van der Waals surface area (Å²) in [5, 5.41) is 9.54. The largest absolute Gasteiger partial charge is 0.433 e. The molecule has 7 heteroatoms. The van der Waals surface area contributed by atoms with Gasteiger partial charge in [-0.25, -0.2) is 0 Å². The molecular weight excluding hydrogens is 274 g/mol. The van der Waals surface area contributed by atoms with Gasteiger partial charge in [-0.15, -0.1) is 11.3 Å². The predicted octanol–water partition coefficient (Wildman–Crippen LogP) is 2.26. The summed E-state index contributed by atoms with van der Waals surface area (Å²) in [6.45, 7) is 4.63. The van der Waals surface area contributed by atoms with E-state index in [-0.39, 0.29) is 0 Å². The van der Waals surface area contributed by atoms with Crippen LogP contribution >= 0.6 is 11.3 Å². The number of imidazole rings is 1. The SMILES string of the molecule is CNCc1c(Oc2c(C)nn(C)c2C)nc2sccn12. The molecule has 1 N–H and O–H groups in total. The Bertz CT molecular complexity index is 754. The van der Waals surface area contributed by atoms with Gasteiger partial charge < -0.3 is 10.1 Å². The van der Waals surface area contributed by atoms with Gasteiger partial charge in [0.15, 0.2) is 10.7 Å². The van der Waals surface area contributed by atoms with Gasteiger partial charge in [0.05, 0.1) is 5.69 Å². The molecule has 20 heavy (non-hydrogen) atoms. The molecule has 6 nitrogen and oxygen atoms in total. The van der Waals surface area contributed by atoms with Crippen molar-refractivity contribution in [3.63, 3.8) is 0 Å². The lowest BCUT2D eigenvalue weighted by atomic mass is 10.3. The van der Waals surface area contributed by atoms with E-state index in [1.54, 1.807) is 11.3 Å². The molecule has 0 spiro atoms. The zero-order chi connectivity index (χ0) is 14.3. The van der Waals surface area contributed by atoms with Crippen LogP contribution in [0.25, 0.3) is 4.96 Å². The minimum absolute atomic E-state index is 0.644. The first kappa shape index (κ1) is 13.1. The van der Waals surface area contributed by atoms with Crippen LogP contribution in [0.5, 0.6) is 11.6 Å². The van der Waals surface area contributed by atoms with Crippen LogP contribution in [0.4, 0.5) is 0 Å². The first-order valence-electron chi connectivity index (χ1n) is 6.39. The molecule has 0 aliphatic carbocycles. The summed E-state index contributed by atoms with van der Waals surface area (Å²) in [6, 6.07) is 0. The van der Waals surface area contributed by atoms with E-state index in [1.807, 2.05) is 44.2 Å². The van der Waals surface area contributed by atoms with E-state index in [1.165, 1.54) is 0 Å². The monoisotopic (exact) mass is 291 g/mol. The molecule has 0 atom stereocenters. The second kappa shape index (κ2) is 4.92. The third kappa shape index (κ3) is 1.99. The Hall–Kier alpha value is -1.86. The molecule has 0 aliphatic heterocycles. The third-order valence-corrected chi connectivity index (χ3v) is 4.07. The molecule has 3 aromatic rings. The van der Waals surface area contributed by atoms with Crippen molar-refractivity contribution in [3.05, 3.63) is 28.7 Å². The Morgan fingerprint density at radius 3 is 2.85 bits per heavy atom. The number of nitrogens with one attached hydrogen (secondary N) is 1. The molecule has 0 radical (unpaired) electrons. The number of hydrogen-bond acceptors (Lipinski definition) is 5. The summed E-state index contributed by atoms with van der Waals surface area (Å²) in [7, 11) is 3.82. The van der Waals surface area contributed by atoms with Crippen molar-refractivity contribution in [1.29, 1.82) is 0 Å². The summed E-state index contributed by atoms with van der Waals surface area (Å²) in [5.74, 6) is 1.43. The van der Waals surface area contributed by atoms with Crippen molar-refractivity contribution < 1.29 is 4.74 Å². The smallest absolute Gasteiger partial charge is 0.243 e. The van der Waals surface area contributed by atoms with Crippen LogP contribution in [-0.2, 0) is 13.6 Å². The van der Waals surface area contributed by atoms with Crippen LogP contribution in [0.1, 0.15) is 17.1 Å². The number of ether oxygens (including phenoxy) is 1. The van der Waals surface area contributed by atoms with Gasteiger partial charge in [0.25, 0.3) is 0 Å². The number of nitrogens with zero attached hydrogens (tertiary/aromatic N) is 4. The molecule has 0 bridgehead atoms. The summed E-state index contributed by atoms with van der Waals surface area (Å²) in [4.78, 5) is 5.49. The Labute approximate surface area is 121 Å². The fourth-order valence-corrected chi connectivity index (χ4v) is 2.95. The Balaban J connectivity index is 2.05. The molecule has 0 unspecified atom stereocenters. The van der Waals surface area contributed by atoms with Gasteiger partial charge in [0, 0.05) is 25.2 Å². The number of fused-ring (bicyclic) bond motifs is 1. The van der Waals surface area contributed by atoms with Gasteiger partial charge in [-0.3, -0.25) is 9.08 Å². The minimum atomic E-state index is 0.644. The van der Waals surface area contributed by atoms with Crippen LogP contribution in [-0.4, -0.2) is 26.2 Å². The van der Waals surface area contributed by atoms with E-state index in [0.717, 1.165) is 27.8 Å². The van der Waals surface area contributed by atoms with E-state index in [4.69, 9.17) is 4.74 Å². The number of aryl methyl sites for hydroxylation is 2. The number of hydrogen-bond donors (Lipinski definition) is 1. The van der Waals surface area contributed by atoms with E-state index < -0.39 is 0 Å². The zero-order valence-electron chi connectivity index (χ0n) is 12.0. The maximum Gasteiger partial charge on any atom is 0.243 e. The quantitative estimate of drug-likeness (QED) is 0.801. The van der Waals surface area contributed by atoms with Crippen molar-refractivity contribution >= 4 is 16.3 Å². The molecule has 0 saturated heterocycles. The molecule has 0 aliphatic rings. The average molecular weight is 291 g/mol. The van der Waals surface area contributed by atoms with Gasteiger partial charge >= 0.3 is 0 Å². The molecule has 0 saturated carbocycles. The zero-order valence-corrected chi connectivity index (χ0v) is 12.8. The molecule has 0 fully saturated rings. The van der Waals surface area contributed by atoms with Crippen molar-refractivity contribution in [1.82, 2.24) is 24.5 Å². The molecule has 0 amide bonds. The second-order valence-electron chi connectivity index (χ2n) is 4.68. The topological polar surface area (TPSA) is 56.4 Å². The lowest BCUT2D eigenvalue weighted by Gasteiger charge is -2.06. The molecule has 3 rings (SSSR count). The number of thiazole rings is 1. The first-order chi connectivity index (χ1) is 9.61. The highest BCUT2D eigenvalue weighted by atomic mass is 32.1. The summed E-state index contributed by atoms with van der Waals surface area (Å²) < 4.78 is 9.91. The molecule has 106 valence electrons. The maximum absolute atomic E-state index is 6.04. The van der Waals surface area contributed by atoms with Crippen molar-refractivity contribution in [2.45, 2.75) is 20.4 Å². The van der Waals surface area contributed by atoms with Crippen LogP contribution in [0.15, 0.2) is 11.6 Å². The summed E-state index contributed by atoms with van der Waals surface area (Å²) >= 11 is 1.60. The minimum Gasteiger partial charge on any atom is -0.433 e. The molecule has 3 aromatic heterocycles. The van der Waals surface area contributed by atoms with Crippen molar-refractivity contribution in [2.24, 2.45) is 7.05 Å². The van der Waals surface area contributed by atoms with Gasteiger partial charge in [-0.2, -0.15) is 10.1 Å². The van der Waals surface area contributed by atoms with Crippen molar-refractivity contribution in [3.8, 4) is 11.6 Å². The maximum atomic E-state index is 6.04. The fourth-order valence-electron chi connectivity index (χ4n) is 2.22. The molecule has 3 heterocycles. The van der Waals surface area contributed by atoms with Crippen LogP contribution < -0.4 is 10.1 Å². The fraction of sp³-hybridized carbons (Fsp3) is 0.385. The molecule has 0 aromatic carbocycles. The highest BCUT2D eigenvalue weighted by Gasteiger charge is 2.18. The van der Waals surface area contributed by atoms with E-state index in [2.05, 4.69) is 19.8 Å². The predicted molar refractivity (Wildman–Crippen MR) is 78.6 cm³/mol. The second-order valence-corrected chi connectivity index (χ2v) is 5.55. The third-order valence-electron chi connectivity index (χ3n) is 3.31. The highest BCUT2D eigenvalue weighted by molar-refractivity contribution is 7.15. The summed E-state index contributed by atoms with van der Waals surface area (Å²) in [5.41, 5.74) is 2.89. The van der Waals surface area contributed by atoms with Crippen LogP contribution in [0.2, 0.25) is 0 Å². The number of aromatic nitrogens is 4. The van der Waals surface area contributed by atoms with Gasteiger partial charge in [0.1, 0.15) is 11.4 Å². The normalized spacial score (nSPS) is 11.4. The van der Waals surface area contributed by atoms with Crippen LogP contribution in [0.3, 0.4) is 0 Å². The van der Waals surface area contributed by atoms with E-state index in [9.17, 15) is 0 Å². The highest BCUT2D eigenvalue weighted by Crippen LogP contribution is 2.31. The lowest BCUT2D eigenvalue weighted by molar-refractivity contribution is 0.449. The summed E-state index contributed by atoms with van der Waals surface area (Å²) in [6.07, 6.45) is 2.01. The lowest BCUT2D eigenvalue weighted by Crippen LogP contribution is -2.08. The van der Waals surface area contributed by atoms with Crippen molar-refractivity contribution in [2.75, 3.05) is 7.05 Å². The van der Waals surface area contributed by atoms with Gasteiger partial charge in [-0.05, 0) is 20.9 Å².